The van der Waals surface area contributed by atoms with Gasteiger partial charge in [-0.15, -0.1) is 0 Å². The molecule has 0 aliphatic carbocycles. The molecule has 0 bridgehead atoms. The standard InChI is InChI=1S/C20H24N4O4/c1-12(2)21-18(25)16-15-6-4-5-11-24(15)17(23-16)19(26)22-14-9-7-13(8-10-14)20(27)28-3/h7-10,12H,4-6,11H2,1-3H3,(H,21,25)(H,22,26). The molecule has 3 rings (SSSR count). The number of hydrogen-bond acceptors (Lipinski definition) is 5. The summed E-state index contributed by atoms with van der Waals surface area (Å²) in [6, 6.07) is 6.38. The summed E-state index contributed by atoms with van der Waals surface area (Å²) in [4.78, 5) is 41.2. The van der Waals surface area contributed by atoms with Gasteiger partial charge in [-0.1, -0.05) is 0 Å². The fraction of sp³-hybridized carbons (Fsp3) is 0.400. The first kappa shape index (κ1) is 19.6. The number of nitrogens with zero attached hydrogens (tertiary/aromatic N) is 2. The van der Waals surface area contributed by atoms with Gasteiger partial charge in [0.1, 0.15) is 5.69 Å². The molecular weight excluding hydrogens is 360 g/mol. The third-order valence-corrected chi connectivity index (χ3v) is 4.52. The molecule has 0 saturated heterocycles. The number of esters is 1. The van der Waals surface area contributed by atoms with Crippen LogP contribution in [0, 0.1) is 0 Å². The van der Waals surface area contributed by atoms with Crippen molar-refractivity contribution in [3.8, 4) is 0 Å². The van der Waals surface area contributed by atoms with Crippen LogP contribution < -0.4 is 10.6 Å². The van der Waals surface area contributed by atoms with E-state index in [0.717, 1.165) is 25.0 Å². The maximum Gasteiger partial charge on any atom is 0.337 e. The molecule has 148 valence electrons. The Bertz CT molecular complexity index is 900. The second-order valence-electron chi connectivity index (χ2n) is 6.99. The van der Waals surface area contributed by atoms with Crippen LogP contribution in [0.3, 0.4) is 0 Å². The Morgan fingerprint density at radius 1 is 1.11 bits per heavy atom. The number of methoxy groups -OCH3 is 1. The first-order chi connectivity index (χ1) is 13.4. The third-order valence-electron chi connectivity index (χ3n) is 4.52. The first-order valence-electron chi connectivity index (χ1n) is 9.30. The minimum atomic E-state index is -0.444. The maximum absolute atomic E-state index is 12.8. The summed E-state index contributed by atoms with van der Waals surface area (Å²) >= 11 is 0. The number of aromatic nitrogens is 2. The van der Waals surface area contributed by atoms with Gasteiger partial charge in [-0.2, -0.15) is 0 Å². The summed E-state index contributed by atoms with van der Waals surface area (Å²) in [6.07, 6.45) is 2.61. The fourth-order valence-corrected chi connectivity index (χ4v) is 3.22. The molecule has 28 heavy (non-hydrogen) atoms. The number of imidazole rings is 1. The quantitative estimate of drug-likeness (QED) is 0.771. The lowest BCUT2D eigenvalue weighted by atomic mass is 10.1. The van der Waals surface area contributed by atoms with E-state index in [1.54, 1.807) is 24.3 Å². The highest BCUT2D eigenvalue weighted by atomic mass is 16.5. The summed E-state index contributed by atoms with van der Waals surface area (Å²) in [7, 11) is 1.31. The van der Waals surface area contributed by atoms with Crippen molar-refractivity contribution in [2.45, 2.75) is 45.7 Å². The topological polar surface area (TPSA) is 102 Å². The number of anilines is 1. The average Bonchev–Trinajstić information content (AvgIpc) is 3.07. The predicted octanol–water partition coefficient (Wildman–Crippen LogP) is 2.40. The normalized spacial score (nSPS) is 13.0. The van der Waals surface area contributed by atoms with E-state index in [-0.39, 0.29) is 17.8 Å². The van der Waals surface area contributed by atoms with Crippen molar-refractivity contribution in [1.29, 1.82) is 0 Å². The Morgan fingerprint density at radius 3 is 2.46 bits per heavy atom. The first-order valence-corrected chi connectivity index (χ1v) is 9.30. The van der Waals surface area contributed by atoms with Crippen LogP contribution in [-0.4, -0.2) is 40.5 Å². The lowest BCUT2D eigenvalue weighted by molar-refractivity contribution is 0.0600. The SMILES string of the molecule is COC(=O)c1ccc(NC(=O)c2nc(C(=O)NC(C)C)c3n2CCCC3)cc1. The molecule has 0 radical (unpaired) electrons. The van der Waals surface area contributed by atoms with Gasteiger partial charge < -0.3 is 19.9 Å². The van der Waals surface area contributed by atoms with E-state index in [0.29, 0.717) is 23.5 Å². The number of carbonyl (C=O) groups excluding carboxylic acids is 3. The number of fused-ring (bicyclic) bond motifs is 1. The van der Waals surface area contributed by atoms with Crippen molar-refractivity contribution in [2.24, 2.45) is 0 Å². The Balaban J connectivity index is 1.84. The fourth-order valence-electron chi connectivity index (χ4n) is 3.22. The van der Waals surface area contributed by atoms with Gasteiger partial charge in [-0.25, -0.2) is 9.78 Å². The van der Waals surface area contributed by atoms with Crippen molar-refractivity contribution in [3.05, 3.63) is 47.0 Å². The molecule has 1 aromatic carbocycles. The second-order valence-corrected chi connectivity index (χ2v) is 6.99. The number of benzene rings is 1. The zero-order valence-corrected chi connectivity index (χ0v) is 16.2. The molecule has 1 aliphatic heterocycles. The molecule has 8 nitrogen and oxygen atoms in total. The molecule has 2 heterocycles. The molecule has 2 aromatic rings. The van der Waals surface area contributed by atoms with Gasteiger partial charge >= 0.3 is 5.97 Å². The van der Waals surface area contributed by atoms with Crippen LogP contribution in [0.1, 0.15) is 63.8 Å². The molecule has 8 heteroatoms. The van der Waals surface area contributed by atoms with Crippen LogP contribution in [0.15, 0.2) is 24.3 Å². The molecule has 2 N–H and O–H groups in total. The minimum Gasteiger partial charge on any atom is -0.465 e. The van der Waals surface area contributed by atoms with Gasteiger partial charge in [0, 0.05) is 18.3 Å². The van der Waals surface area contributed by atoms with Crippen LogP contribution in [-0.2, 0) is 17.7 Å². The van der Waals surface area contributed by atoms with Crippen LogP contribution >= 0.6 is 0 Å². The van der Waals surface area contributed by atoms with Crippen LogP contribution in [0.2, 0.25) is 0 Å². The van der Waals surface area contributed by atoms with Crippen molar-refractivity contribution >= 4 is 23.5 Å². The number of amides is 2. The summed E-state index contributed by atoms with van der Waals surface area (Å²) in [6.45, 7) is 4.42. The molecule has 1 aromatic heterocycles. The van der Waals surface area contributed by atoms with E-state index in [4.69, 9.17) is 0 Å². The van der Waals surface area contributed by atoms with Crippen LogP contribution in [0.4, 0.5) is 5.69 Å². The molecule has 0 spiro atoms. The Kier molecular flexibility index (Phi) is 5.77. The molecule has 0 fully saturated rings. The monoisotopic (exact) mass is 384 g/mol. The van der Waals surface area contributed by atoms with E-state index >= 15 is 0 Å². The zero-order chi connectivity index (χ0) is 20.3. The highest BCUT2D eigenvalue weighted by Crippen LogP contribution is 2.22. The summed E-state index contributed by atoms with van der Waals surface area (Å²) in [5.74, 6) is -0.874. The van der Waals surface area contributed by atoms with Crippen molar-refractivity contribution in [1.82, 2.24) is 14.9 Å². The van der Waals surface area contributed by atoms with Crippen molar-refractivity contribution in [3.63, 3.8) is 0 Å². The van der Waals surface area contributed by atoms with Crippen molar-refractivity contribution in [2.75, 3.05) is 12.4 Å². The molecule has 0 atom stereocenters. The molecule has 0 saturated carbocycles. The lowest BCUT2D eigenvalue weighted by Crippen LogP contribution is -2.31. The van der Waals surface area contributed by atoms with Gasteiger partial charge in [0.2, 0.25) is 0 Å². The molecule has 1 aliphatic rings. The van der Waals surface area contributed by atoms with E-state index in [1.165, 1.54) is 7.11 Å². The summed E-state index contributed by atoms with van der Waals surface area (Å²) in [5, 5.41) is 5.62. The van der Waals surface area contributed by atoms with Gasteiger partial charge in [0.15, 0.2) is 5.82 Å². The van der Waals surface area contributed by atoms with Gasteiger partial charge in [-0.05, 0) is 57.4 Å². The molecular formula is C20H24N4O4. The Hall–Kier alpha value is -3.16. The number of carbonyl (C=O) groups is 3. The van der Waals surface area contributed by atoms with Gasteiger partial charge in [-0.3, -0.25) is 9.59 Å². The number of ether oxygens (including phenoxy) is 1. The Morgan fingerprint density at radius 2 is 1.82 bits per heavy atom. The number of rotatable bonds is 5. The van der Waals surface area contributed by atoms with E-state index in [9.17, 15) is 14.4 Å². The number of nitrogens with one attached hydrogen (secondary N) is 2. The maximum atomic E-state index is 12.8. The molecule has 0 unspecified atom stereocenters. The number of hydrogen-bond donors (Lipinski definition) is 2. The Labute approximate surface area is 163 Å². The van der Waals surface area contributed by atoms with Crippen molar-refractivity contribution < 1.29 is 19.1 Å². The second kappa shape index (κ2) is 8.24. The van der Waals surface area contributed by atoms with Crippen LogP contribution in [0.25, 0.3) is 0 Å². The van der Waals surface area contributed by atoms with Crippen LogP contribution in [0.5, 0.6) is 0 Å². The van der Waals surface area contributed by atoms with E-state index < -0.39 is 11.9 Å². The van der Waals surface area contributed by atoms with E-state index in [1.807, 2.05) is 18.4 Å². The minimum absolute atomic E-state index is 0.0148. The summed E-state index contributed by atoms with van der Waals surface area (Å²) in [5.41, 5.74) is 2.04. The highest BCUT2D eigenvalue weighted by Gasteiger charge is 2.27. The predicted molar refractivity (Wildman–Crippen MR) is 104 cm³/mol. The van der Waals surface area contributed by atoms with Gasteiger partial charge in [0.25, 0.3) is 11.8 Å². The average molecular weight is 384 g/mol. The molecule has 2 amide bonds. The van der Waals surface area contributed by atoms with Gasteiger partial charge in [0.05, 0.1) is 18.4 Å². The highest BCUT2D eigenvalue weighted by molar-refractivity contribution is 6.04. The third kappa shape index (κ3) is 4.05. The largest absolute Gasteiger partial charge is 0.465 e. The lowest BCUT2D eigenvalue weighted by Gasteiger charge is -2.17. The summed E-state index contributed by atoms with van der Waals surface area (Å²) < 4.78 is 6.49. The zero-order valence-electron chi connectivity index (χ0n) is 16.2. The van der Waals surface area contributed by atoms with E-state index in [2.05, 4.69) is 20.4 Å². The smallest absolute Gasteiger partial charge is 0.337 e.